The first-order valence-electron chi connectivity index (χ1n) is 26.6. The number of hydrogen-bond donors (Lipinski definition) is 6. The van der Waals surface area contributed by atoms with Crippen LogP contribution in [0, 0.1) is 0 Å². The van der Waals surface area contributed by atoms with Crippen LogP contribution in [-0.2, 0) is 71.4 Å². The molecular weight excluding hydrogens is 961 g/mol. The number of unbranched alkanes of at least 4 members (excludes halogenated alkanes) is 7. The minimum atomic E-state index is -1.17. The van der Waals surface area contributed by atoms with E-state index in [-0.39, 0.29) is 77.3 Å². The summed E-state index contributed by atoms with van der Waals surface area (Å²) in [6.45, 7) is 11.2. The minimum absolute atomic E-state index is 0.0269. The number of aliphatic hydroxyl groups is 6. The summed E-state index contributed by atoms with van der Waals surface area (Å²) in [6.07, 6.45) is 5.09. The molecule has 0 aliphatic carbocycles. The van der Waals surface area contributed by atoms with Gasteiger partial charge in [0, 0.05) is 38.5 Å². The van der Waals surface area contributed by atoms with Gasteiger partial charge >= 0.3 is 35.8 Å². The molecule has 6 N–H and O–H groups in total. The van der Waals surface area contributed by atoms with Gasteiger partial charge in [-0.3, -0.25) is 28.8 Å². The molecule has 3 aliphatic rings. The molecular formula is C52H90O21. The second-order valence-electron chi connectivity index (χ2n) is 18.4. The van der Waals surface area contributed by atoms with Gasteiger partial charge in [0.25, 0.3) is 0 Å². The SMILES string of the molecule is CCC/C=C\CCCC(=O)OC[C@@H](O)[C@H]1OC[C@H](O)C1O.CCCCC(=O)OC[C@@H](OC(=O)CCCC)[C@H]1OCC(O)[C@H]1O.CCCCC(=O)OC[C@@H](OC(=O)CCCC)[C@H]1OCC(O)[C@H]1OC(=O)CCCC. The zero-order chi connectivity index (χ0) is 54.6. The first kappa shape index (κ1) is 67.2. The van der Waals surface area contributed by atoms with Crippen LogP contribution in [0.4, 0.5) is 0 Å². The van der Waals surface area contributed by atoms with Gasteiger partial charge < -0.3 is 73.3 Å². The van der Waals surface area contributed by atoms with Gasteiger partial charge in [0.15, 0.2) is 18.3 Å². The number of ether oxygens (including phenoxy) is 9. The largest absolute Gasteiger partial charge is 0.463 e. The van der Waals surface area contributed by atoms with Crippen molar-refractivity contribution in [1.29, 1.82) is 0 Å². The molecule has 3 aliphatic heterocycles. The number of hydrogen-bond acceptors (Lipinski definition) is 21. The van der Waals surface area contributed by atoms with E-state index in [4.69, 9.17) is 42.6 Å². The Morgan fingerprint density at radius 3 is 1.26 bits per heavy atom. The van der Waals surface area contributed by atoms with Crippen LogP contribution in [0.25, 0.3) is 0 Å². The number of carbonyl (C=O) groups excluding carboxylic acids is 6. The number of allylic oxidation sites excluding steroid dienone is 2. The molecule has 0 bridgehead atoms. The van der Waals surface area contributed by atoms with Crippen molar-refractivity contribution in [1.82, 2.24) is 0 Å². The van der Waals surface area contributed by atoms with Crippen LogP contribution in [-0.4, -0.2) is 179 Å². The van der Waals surface area contributed by atoms with Gasteiger partial charge in [0.2, 0.25) is 0 Å². The van der Waals surface area contributed by atoms with Gasteiger partial charge in [-0.1, -0.05) is 92.2 Å². The van der Waals surface area contributed by atoms with Gasteiger partial charge in [-0.05, 0) is 51.4 Å². The van der Waals surface area contributed by atoms with Gasteiger partial charge in [0.05, 0.1) is 19.8 Å². The first-order chi connectivity index (χ1) is 35.0. The molecule has 424 valence electrons. The molecule has 3 heterocycles. The smallest absolute Gasteiger partial charge is 0.306 e. The van der Waals surface area contributed by atoms with Crippen LogP contribution in [0.5, 0.6) is 0 Å². The molecule has 3 rings (SSSR count). The van der Waals surface area contributed by atoms with Crippen molar-refractivity contribution < 1.29 is 102 Å². The normalized spacial score (nSPS) is 24.5. The predicted octanol–water partition coefficient (Wildman–Crippen LogP) is 4.16. The first-order valence-corrected chi connectivity index (χ1v) is 26.6. The molecule has 0 radical (unpaired) electrons. The van der Waals surface area contributed by atoms with Crippen molar-refractivity contribution in [2.45, 2.75) is 243 Å². The van der Waals surface area contributed by atoms with E-state index < -0.39 is 97.1 Å². The van der Waals surface area contributed by atoms with Gasteiger partial charge in [-0.15, -0.1) is 0 Å². The second kappa shape index (κ2) is 40.5. The maximum atomic E-state index is 12.1. The number of carbonyl (C=O) groups is 6. The van der Waals surface area contributed by atoms with E-state index in [1.54, 1.807) is 0 Å². The van der Waals surface area contributed by atoms with Crippen LogP contribution in [0.3, 0.4) is 0 Å². The monoisotopic (exact) mass is 1050 g/mol. The Morgan fingerprint density at radius 1 is 0.452 bits per heavy atom. The van der Waals surface area contributed by atoms with E-state index in [0.717, 1.165) is 57.8 Å². The summed E-state index contributed by atoms with van der Waals surface area (Å²) in [5.41, 5.74) is 0. The number of rotatable bonds is 33. The fourth-order valence-electron chi connectivity index (χ4n) is 7.27. The van der Waals surface area contributed by atoms with Crippen molar-refractivity contribution >= 4 is 35.8 Å². The highest BCUT2D eigenvalue weighted by Crippen LogP contribution is 2.25. The third-order valence-corrected chi connectivity index (χ3v) is 11.8. The summed E-state index contributed by atoms with van der Waals surface area (Å²) in [5, 5.41) is 58.3. The molecule has 21 heteroatoms. The summed E-state index contributed by atoms with van der Waals surface area (Å²) in [7, 11) is 0. The lowest BCUT2D eigenvalue weighted by molar-refractivity contribution is -0.177. The lowest BCUT2D eigenvalue weighted by atomic mass is 10.1. The summed E-state index contributed by atoms with van der Waals surface area (Å²) in [6, 6.07) is 0. The third kappa shape index (κ3) is 28.6. The Hall–Kier alpha value is -3.80. The Bertz CT molecular complexity index is 1560. The summed E-state index contributed by atoms with van der Waals surface area (Å²) < 4.78 is 47.4. The average Bonchev–Trinajstić information content (AvgIpc) is 4.03. The highest BCUT2D eigenvalue weighted by atomic mass is 16.6. The summed E-state index contributed by atoms with van der Waals surface area (Å²) in [4.78, 5) is 71.0. The van der Waals surface area contributed by atoms with E-state index in [1.807, 2.05) is 34.6 Å². The third-order valence-electron chi connectivity index (χ3n) is 11.8. The summed E-state index contributed by atoms with van der Waals surface area (Å²) in [5.74, 6) is -2.47. The standard InChI is InChI=1S/C21H36O8.C16H28O7.C15H26O6/c1-4-7-10-17(23)26-14-16(28-18(24)11-8-5-2)21-20(15(22)13-27-21)29-19(25)12-9-6-3;1-3-5-7-13(18)21-10-12(23-14(19)8-6-4-2)16-15(20)11(17)9-22-16;1-2-3-4-5-6-7-8-13(18)20-10-12(17)15-14(19)11(16)9-21-15/h15-16,20-22H,4-14H2,1-3H3;11-12,15-17,20H,3-10H2,1-2H3;4-5,11-12,14-17,19H,2-3,6-10H2,1H3/b;;5-4-/t15?,16-,20-,21-;11?,12-,15-,16-;11-,12+,14?,15+/m110/s1. The fourth-order valence-corrected chi connectivity index (χ4v) is 7.27. The van der Waals surface area contributed by atoms with Gasteiger partial charge in [-0.25, -0.2) is 0 Å². The van der Waals surface area contributed by atoms with Crippen molar-refractivity contribution in [2.24, 2.45) is 0 Å². The van der Waals surface area contributed by atoms with Crippen LogP contribution < -0.4 is 0 Å². The van der Waals surface area contributed by atoms with Gasteiger partial charge in [-0.2, -0.15) is 0 Å². The molecule has 0 spiro atoms. The number of esters is 6. The van der Waals surface area contributed by atoms with Crippen molar-refractivity contribution in [3.05, 3.63) is 12.2 Å². The van der Waals surface area contributed by atoms with Crippen LogP contribution in [0.2, 0.25) is 0 Å². The van der Waals surface area contributed by atoms with E-state index in [2.05, 4.69) is 19.1 Å². The Balaban J connectivity index is 0.000000556. The molecule has 0 aromatic carbocycles. The highest BCUT2D eigenvalue weighted by molar-refractivity contribution is 5.72. The maximum absolute atomic E-state index is 12.1. The maximum Gasteiger partial charge on any atom is 0.306 e. The van der Waals surface area contributed by atoms with Crippen LogP contribution >= 0.6 is 0 Å². The van der Waals surface area contributed by atoms with Crippen LogP contribution in [0.1, 0.15) is 170 Å². The Labute approximate surface area is 431 Å². The lowest BCUT2D eigenvalue weighted by Gasteiger charge is -2.28. The topological polar surface area (TPSA) is 307 Å². The Kier molecular flexibility index (Phi) is 37.3. The lowest BCUT2D eigenvalue weighted by Crippen LogP contribution is -2.46. The van der Waals surface area contributed by atoms with E-state index in [9.17, 15) is 59.4 Å². The molecule has 3 unspecified atom stereocenters. The van der Waals surface area contributed by atoms with E-state index in [0.29, 0.717) is 44.9 Å². The Morgan fingerprint density at radius 2 is 0.822 bits per heavy atom. The fraction of sp³-hybridized carbons (Fsp3) is 0.846. The number of aliphatic hydroxyl groups excluding tert-OH is 6. The van der Waals surface area contributed by atoms with Crippen LogP contribution in [0.15, 0.2) is 12.2 Å². The zero-order valence-corrected chi connectivity index (χ0v) is 44.3. The molecule has 3 fully saturated rings. The predicted molar refractivity (Wildman–Crippen MR) is 263 cm³/mol. The van der Waals surface area contributed by atoms with E-state index in [1.165, 1.54) is 0 Å². The molecule has 73 heavy (non-hydrogen) atoms. The van der Waals surface area contributed by atoms with Crippen molar-refractivity contribution in [3.63, 3.8) is 0 Å². The van der Waals surface area contributed by atoms with E-state index >= 15 is 0 Å². The zero-order valence-electron chi connectivity index (χ0n) is 44.3. The van der Waals surface area contributed by atoms with Gasteiger partial charge in [0.1, 0.15) is 74.8 Å². The second-order valence-corrected chi connectivity index (χ2v) is 18.4. The molecule has 21 nitrogen and oxygen atoms in total. The average molecular weight is 1050 g/mol. The minimum Gasteiger partial charge on any atom is -0.463 e. The highest BCUT2D eigenvalue weighted by Gasteiger charge is 2.46. The molecule has 0 aromatic heterocycles. The molecule has 0 saturated carbocycles. The molecule has 0 amide bonds. The molecule has 12 atom stereocenters. The summed E-state index contributed by atoms with van der Waals surface area (Å²) >= 11 is 0. The molecule has 0 aromatic rings. The quantitative estimate of drug-likeness (QED) is 0.0233. The molecule has 3 saturated heterocycles. The van der Waals surface area contributed by atoms with Crippen molar-refractivity contribution in [2.75, 3.05) is 39.6 Å². The van der Waals surface area contributed by atoms with Crippen molar-refractivity contribution in [3.8, 4) is 0 Å².